The van der Waals surface area contributed by atoms with Crippen molar-refractivity contribution in [1.82, 2.24) is 10.3 Å². The Balaban J connectivity index is 0.000000140. The fraction of sp³-hybridized carbons (Fsp3) is 0.400. The molecule has 0 atom stereocenters. The molecule has 0 fully saturated rings. The number of rotatable bonds is 0. The van der Waals surface area contributed by atoms with Crippen LogP contribution in [-0.4, -0.2) is 10.3 Å². The first-order valence-corrected chi connectivity index (χ1v) is 4.38. The Bertz CT molecular complexity index is 319. The average molecular weight is 194 g/mol. The van der Waals surface area contributed by atoms with Crippen LogP contribution < -0.4 is 0 Å². The van der Waals surface area contributed by atoms with Crippen LogP contribution >= 0.6 is 0 Å². The molecule has 0 unspecified atom stereocenters. The van der Waals surface area contributed by atoms with Gasteiger partial charge in [0.1, 0.15) is 11.5 Å². The van der Waals surface area contributed by atoms with Crippen molar-refractivity contribution < 1.29 is 9.05 Å². The lowest BCUT2D eigenvalue weighted by Gasteiger charge is -1.65. The Morgan fingerprint density at radius 2 is 1.14 bits per heavy atom. The van der Waals surface area contributed by atoms with E-state index in [-0.39, 0.29) is 0 Å². The van der Waals surface area contributed by atoms with Crippen LogP contribution in [0.15, 0.2) is 21.2 Å². The van der Waals surface area contributed by atoms with Gasteiger partial charge in [0.25, 0.3) is 0 Å². The highest BCUT2D eigenvalue weighted by molar-refractivity contribution is 5.00. The van der Waals surface area contributed by atoms with Gasteiger partial charge < -0.3 is 9.05 Å². The number of hydrogen-bond acceptors (Lipinski definition) is 4. The smallest absolute Gasteiger partial charge is 0.133 e. The summed E-state index contributed by atoms with van der Waals surface area (Å²) in [6.45, 7) is 7.55. The van der Waals surface area contributed by atoms with E-state index >= 15 is 0 Å². The van der Waals surface area contributed by atoms with Gasteiger partial charge in [-0.15, -0.1) is 0 Å². The minimum atomic E-state index is 0.873. The largest absolute Gasteiger partial charge is 0.361 e. The molecule has 4 nitrogen and oxygen atoms in total. The number of aromatic nitrogens is 2. The van der Waals surface area contributed by atoms with Crippen LogP contribution in [0.4, 0.5) is 0 Å². The molecular weight excluding hydrogens is 180 g/mol. The molecule has 0 aliphatic heterocycles. The van der Waals surface area contributed by atoms with Gasteiger partial charge in [-0.25, -0.2) is 0 Å². The van der Waals surface area contributed by atoms with Gasteiger partial charge in [-0.05, 0) is 27.7 Å². The molecule has 76 valence electrons. The second-order valence-electron chi connectivity index (χ2n) is 3.16. The lowest BCUT2D eigenvalue weighted by molar-refractivity contribution is 0.393. The summed E-state index contributed by atoms with van der Waals surface area (Å²) >= 11 is 0. The molecule has 0 radical (unpaired) electrons. The molecule has 4 heteroatoms. The van der Waals surface area contributed by atoms with Crippen molar-refractivity contribution in [3.8, 4) is 0 Å². The van der Waals surface area contributed by atoms with E-state index in [9.17, 15) is 0 Å². The van der Waals surface area contributed by atoms with Crippen molar-refractivity contribution in [1.29, 1.82) is 0 Å². The first-order chi connectivity index (χ1) is 6.58. The summed E-state index contributed by atoms with van der Waals surface area (Å²) in [5.74, 6) is 1.75. The van der Waals surface area contributed by atoms with Crippen molar-refractivity contribution in [2.75, 3.05) is 0 Å². The van der Waals surface area contributed by atoms with Crippen LogP contribution in [-0.2, 0) is 0 Å². The van der Waals surface area contributed by atoms with Crippen LogP contribution in [0, 0.1) is 27.7 Å². The third-order valence-corrected chi connectivity index (χ3v) is 1.49. The van der Waals surface area contributed by atoms with E-state index in [1.54, 1.807) is 0 Å². The van der Waals surface area contributed by atoms with Gasteiger partial charge >= 0.3 is 0 Å². The predicted molar refractivity (Wildman–Crippen MR) is 52.0 cm³/mol. The van der Waals surface area contributed by atoms with Crippen molar-refractivity contribution in [2.24, 2.45) is 0 Å². The molecule has 0 amide bonds. The van der Waals surface area contributed by atoms with Gasteiger partial charge in [-0.1, -0.05) is 10.3 Å². The quantitative estimate of drug-likeness (QED) is 0.646. The van der Waals surface area contributed by atoms with E-state index in [1.807, 2.05) is 39.8 Å². The molecule has 0 aromatic carbocycles. The Morgan fingerprint density at radius 1 is 0.786 bits per heavy atom. The molecule has 2 heterocycles. The SMILES string of the molecule is Cc1cc(C)on1.Cc1cc(C)on1. The summed E-state index contributed by atoms with van der Waals surface area (Å²) in [6.07, 6.45) is 0. The normalized spacial score (nSPS) is 9.43. The van der Waals surface area contributed by atoms with Crippen molar-refractivity contribution in [3.05, 3.63) is 35.0 Å². The highest BCUT2D eigenvalue weighted by Crippen LogP contribution is 1.97. The Kier molecular flexibility index (Phi) is 3.45. The highest BCUT2D eigenvalue weighted by atomic mass is 16.5. The molecule has 14 heavy (non-hydrogen) atoms. The maximum absolute atomic E-state index is 4.71. The molecule has 0 bridgehead atoms. The average Bonchev–Trinajstić information content (AvgIpc) is 2.63. The van der Waals surface area contributed by atoms with Gasteiger partial charge in [0.05, 0.1) is 11.4 Å². The molecule has 0 spiro atoms. The summed E-state index contributed by atoms with van der Waals surface area (Å²) in [7, 11) is 0. The number of hydrogen-bond donors (Lipinski definition) is 0. The third-order valence-electron chi connectivity index (χ3n) is 1.49. The van der Waals surface area contributed by atoms with Crippen molar-refractivity contribution >= 4 is 0 Å². The van der Waals surface area contributed by atoms with E-state index in [1.165, 1.54) is 0 Å². The van der Waals surface area contributed by atoms with Gasteiger partial charge in [-0.2, -0.15) is 0 Å². The van der Waals surface area contributed by atoms with Crippen molar-refractivity contribution in [3.63, 3.8) is 0 Å². The molecule has 0 N–H and O–H groups in total. The fourth-order valence-electron chi connectivity index (χ4n) is 0.982. The summed E-state index contributed by atoms with van der Waals surface area (Å²) in [5.41, 5.74) is 1.88. The van der Waals surface area contributed by atoms with E-state index in [4.69, 9.17) is 9.05 Å². The van der Waals surface area contributed by atoms with E-state index in [2.05, 4.69) is 10.3 Å². The molecular formula is C10H14N2O2. The van der Waals surface area contributed by atoms with Crippen LogP contribution in [0.25, 0.3) is 0 Å². The molecule has 0 saturated heterocycles. The van der Waals surface area contributed by atoms with Crippen LogP contribution in [0.2, 0.25) is 0 Å². The van der Waals surface area contributed by atoms with E-state index in [0.29, 0.717) is 0 Å². The minimum absolute atomic E-state index is 0.873. The Hall–Kier alpha value is -1.58. The maximum atomic E-state index is 4.71. The summed E-state index contributed by atoms with van der Waals surface area (Å²) < 4.78 is 9.43. The first kappa shape index (κ1) is 10.5. The van der Waals surface area contributed by atoms with Gasteiger partial charge in [0, 0.05) is 12.1 Å². The minimum Gasteiger partial charge on any atom is -0.361 e. The van der Waals surface area contributed by atoms with Crippen LogP contribution in [0.3, 0.4) is 0 Å². The van der Waals surface area contributed by atoms with Gasteiger partial charge in [0.15, 0.2) is 0 Å². The molecule has 0 aliphatic carbocycles. The molecule has 2 aromatic heterocycles. The van der Waals surface area contributed by atoms with E-state index < -0.39 is 0 Å². The second kappa shape index (κ2) is 4.60. The third kappa shape index (κ3) is 3.43. The lowest BCUT2D eigenvalue weighted by atomic mass is 10.4. The van der Waals surface area contributed by atoms with Gasteiger partial charge in [-0.3, -0.25) is 0 Å². The topological polar surface area (TPSA) is 52.1 Å². The zero-order chi connectivity index (χ0) is 10.6. The summed E-state index contributed by atoms with van der Waals surface area (Å²) in [4.78, 5) is 0. The molecule has 0 saturated carbocycles. The Morgan fingerprint density at radius 3 is 1.21 bits per heavy atom. The van der Waals surface area contributed by atoms with Gasteiger partial charge in [0.2, 0.25) is 0 Å². The maximum Gasteiger partial charge on any atom is 0.133 e. The number of nitrogens with zero attached hydrogens (tertiary/aromatic N) is 2. The predicted octanol–water partition coefficient (Wildman–Crippen LogP) is 2.58. The molecule has 2 rings (SSSR count). The zero-order valence-electron chi connectivity index (χ0n) is 8.87. The number of aryl methyl sites for hydroxylation is 4. The molecule has 2 aromatic rings. The molecule has 0 aliphatic rings. The van der Waals surface area contributed by atoms with Crippen molar-refractivity contribution in [2.45, 2.75) is 27.7 Å². The summed E-state index contributed by atoms with van der Waals surface area (Å²) in [5, 5.41) is 7.28. The van der Waals surface area contributed by atoms with Crippen LogP contribution in [0.1, 0.15) is 22.9 Å². The standard InChI is InChI=1S/2C5H7NO/c2*1-4-3-5(2)7-6-4/h2*3H,1-2H3. The fourth-order valence-corrected chi connectivity index (χ4v) is 0.982. The lowest BCUT2D eigenvalue weighted by Crippen LogP contribution is -1.59. The second-order valence-corrected chi connectivity index (χ2v) is 3.16. The van der Waals surface area contributed by atoms with Crippen LogP contribution in [0.5, 0.6) is 0 Å². The monoisotopic (exact) mass is 194 g/mol. The highest BCUT2D eigenvalue weighted by Gasteiger charge is 1.88. The zero-order valence-corrected chi connectivity index (χ0v) is 8.87. The first-order valence-electron chi connectivity index (χ1n) is 4.38. The summed E-state index contributed by atoms with van der Waals surface area (Å²) in [6, 6.07) is 3.78. The Labute approximate surface area is 82.9 Å². The van der Waals surface area contributed by atoms with E-state index in [0.717, 1.165) is 22.9 Å².